The van der Waals surface area contributed by atoms with Gasteiger partial charge in [0.2, 0.25) is 5.91 Å². The first-order chi connectivity index (χ1) is 7.92. The van der Waals surface area contributed by atoms with Gasteiger partial charge in [0, 0.05) is 13.2 Å². The summed E-state index contributed by atoms with van der Waals surface area (Å²) in [6, 6.07) is 0.172. The number of hydrogen-bond donors (Lipinski definition) is 2. The quantitative estimate of drug-likeness (QED) is 0.781. The topological polar surface area (TPSA) is 64.4 Å². The third-order valence-corrected chi connectivity index (χ3v) is 3.02. The lowest BCUT2D eigenvalue weighted by Crippen LogP contribution is -2.45. The van der Waals surface area contributed by atoms with Crippen LogP contribution in [0.2, 0.25) is 0 Å². The smallest absolute Gasteiger partial charge is 0.224 e. The molecule has 0 aromatic carbocycles. The van der Waals surface area contributed by atoms with Gasteiger partial charge in [-0.15, -0.1) is 0 Å². The summed E-state index contributed by atoms with van der Waals surface area (Å²) in [6.45, 7) is 8.26. The molecule has 1 saturated heterocycles. The van der Waals surface area contributed by atoms with Crippen LogP contribution in [-0.4, -0.2) is 31.7 Å². The molecule has 1 aliphatic heterocycles. The monoisotopic (exact) mass is 242 g/mol. The standard InChI is InChI=1S/C13H26N2O2/c1-13(2,3)7-10(8-14)12(16)15-11-5-4-6-17-9-11/h10-11H,4-9,14H2,1-3H3,(H,15,16). The van der Waals surface area contributed by atoms with Gasteiger partial charge in [-0.25, -0.2) is 0 Å². The van der Waals surface area contributed by atoms with Crippen LogP contribution in [0.15, 0.2) is 0 Å². The van der Waals surface area contributed by atoms with Crippen molar-refractivity contribution in [1.82, 2.24) is 5.32 Å². The maximum atomic E-state index is 12.1. The zero-order valence-electron chi connectivity index (χ0n) is 11.3. The lowest BCUT2D eigenvalue weighted by Gasteiger charge is -2.28. The van der Waals surface area contributed by atoms with Gasteiger partial charge in [0.1, 0.15) is 0 Å². The predicted molar refractivity (Wildman–Crippen MR) is 68.6 cm³/mol. The second kappa shape index (κ2) is 6.36. The Morgan fingerprint density at radius 2 is 2.24 bits per heavy atom. The molecule has 1 amide bonds. The molecule has 1 rings (SSSR count). The lowest BCUT2D eigenvalue weighted by molar-refractivity contribution is -0.127. The molecule has 2 atom stereocenters. The zero-order chi connectivity index (χ0) is 12.9. The minimum absolute atomic E-state index is 0.0814. The highest BCUT2D eigenvalue weighted by molar-refractivity contribution is 5.79. The molecule has 0 aromatic heterocycles. The fourth-order valence-electron chi connectivity index (χ4n) is 2.20. The van der Waals surface area contributed by atoms with Crippen LogP contribution in [0.1, 0.15) is 40.0 Å². The Balaban J connectivity index is 2.42. The first-order valence-corrected chi connectivity index (χ1v) is 6.50. The highest BCUT2D eigenvalue weighted by Gasteiger charge is 2.26. The molecule has 2 unspecified atom stereocenters. The van der Waals surface area contributed by atoms with E-state index in [-0.39, 0.29) is 23.3 Å². The number of rotatable bonds is 4. The van der Waals surface area contributed by atoms with Crippen molar-refractivity contribution < 1.29 is 9.53 Å². The van der Waals surface area contributed by atoms with Crippen LogP contribution < -0.4 is 11.1 Å². The van der Waals surface area contributed by atoms with E-state index in [0.717, 1.165) is 25.9 Å². The van der Waals surface area contributed by atoms with E-state index in [0.29, 0.717) is 13.2 Å². The number of carbonyl (C=O) groups is 1. The van der Waals surface area contributed by atoms with Gasteiger partial charge < -0.3 is 15.8 Å². The van der Waals surface area contributed by atoms with E-state index in [1.165, 1.54) is 0 Å². The fraction of sp³-hybridized carbons (Fsp3) is 0.923. The summed E-state index contributed by atoms with van der Waals surface area (Å²) in [5.74, 6) is -0.00477. The molecule has 0 aromatic rings. The molecule has 0 spiro atoms. The van der Waals surface area contributed by atoms with Crippen LogP contribution in [0, 0.1) is 11.3 Å². The molecule has 3 N–H and O–H groups in total. The number of amides is 1. The van der Waals surface area contributed by atoms with Crippen LogP contribution in [-0.2, 0) is 9.53 Å². The maximum Gasteiger partial charge on any atom is 0.224 e. The molecular formula is C13H26N2O2. The minimum atomic E-state index is -0.0862. The summed E-state index contributed by atoms with van der Waals surface area (Å²) < 4.78 is 5.35. The molecular weight excluding hydrogens is 216 g/mol. The van der Waals surface area contributed by atoms with Crippen molar-refractivity contribution in [3.05, 3.63) is 0 Å². The molecule has 4 heteroatoms. The number of hydrogen-bond acceptors (Lipinski definition) is 3. The average molecular weight is 242 g/mol. The van der Waals surface area contributed by atoms with E-state index < -0.39 is 0 Å². The third-order valence-electron chi connectivity index (χ3n) is 3.02. The number of ether oxygens (including phenoxy) is 1. The van der Waals surface area contributed by atoms with E-state index in [2.05, 4.69) is 26.1 Å². The maximum absolute atomic E-state index is 12.1. The Morgan fingerprint density at radius 1 is 1.53 bits per heavy atom. The van der Waals surface area contributed by atoms with Crippen molar-refractivity contribution in [3.8, 4) is 0 Å². The van der Waals surface area contributed by atoms with E-state index in [1.54, 1.807) is 0 Å². The summed E-state index contributed by atoms with van der Waals surface area (Å²) in [4.78, 5) is 12.1. The van der Waals surface area contributed by atoms with Gasteiger partial charge in [-0.05, 0) is 24.7 Å². The molecule has 1 fully saturated rings. The van der Waals surface area contributed by atoms with Crippen molar-refractivity contribution in [2.24, 2.45) is 17.1 Å². The molecule has 0 saturated carbocycles. The normalized spacial score (nSPS) is 23.2. The van der Waals surface area contributed by atoms with Gasteiger partial charge in [0.25, 0.3) is 0 Å². The SMILES string of the molecule is CC(C)(C)CC(CN)C(=O)NC1CCCOC1. The number of carbonyl (C=O) groups excluding carboxylic acids is 1. The molecule has 0 bridgehead atoms. The van der Waals surface area contributed by atoms with Gasteiger partial charge in [-0.1, -0.05) is 20.8 Å². The first kappa shape index (κ1) is 14.5. The Morgan fingerprint density at radius 3 is 2.71 bits per heavy atom. The number of nitrogens with one attached hydrogen (secondary N) is 1. The summed E-state index contributed by atoms with van der Waals surface area (Å²) in [5, 5.41) is 3.05. The van der Waals surface area contributed by atoms with Gasteiger partial charge >= 0.3 is 0 Å². The summed E-state index contributed by atoms with van der Waals surface area (Å²) in [6.07, 6.45) is 2.86. The minimum Gasteiger partial charge on any atom is -0.379 e. The third kappa shape index (κ3) is 5.50. The van der Waals surface area contributed by atoms with Crippen molar-refractivity contribution in [2.75, 3.05) is 19.8 Å². The number of nitrogens with two attached hydrogens (primary N) is 1. The Kier molecular flexibility index (Phi) is 5.40. The summed E-state index contributed by atoms with van der Waals surface area (Å²) >= 11 is 0. The van der Waals surface area contributed by atoms with Crippen LogP contribution in [0.25, 0.3) is 0 Å². The Bertz CT molecular complexity index is 242. The largest absolute Gasteiger partial charge is 0.379 e. The highest BCUT2D eigenvalue weighted by atomic mass is 16.5. The van der Waals surface area contributed by atoms with Crippen LogP contribution in [0.5, 0.6) is 0 Å². The molecule has 0 radical (unpaired) electrons. The van der Waals surface area contributed by atoms with Gasteiger partial charge in [0.05, 0.1) is 18.6 Å². The lowest BCUT2D eigenvalue weighted by atomic mass is 9.84. The predicted octanol–water partition coefficient (Wildman–Crippen LogP) is 1.29. The highest BCUT2D eigenvalue weighted by Crippen LogP contribution is 2.24. The molecule has 1 aliphatic rings. The van der Waals surface area contributed by atoms with Gasteiger partial charge in [-0.3, -0.25) is 4.79 Å². The Labute approximate surface area is 104 Å². The van der Waals surface area contributed by atoms with E-state index >= 15 is 0 Å². The van der Waals surface area contributed by atoms with E-state index in [9.17, 15) is 4.79 Å². The second-order valence-corrected chi connectivity index (χ2v) is 6.12. The molecule has 0 aliphatic carbocycles. The fourth-order valence-corrected chi connectivity index (χ4v) is 2.20. The Hall–Kier alpha value is -0.610. The van der Waals surface area contributed by atoms with Crippen LogP contribution in [0.3, 0.4) is 0 Å². The van der Waals surface area contributed by atoms with Crippen LogP contribution in [0.4, 0.5) is 0 Å². The summed E-state index contributed by atoms with van der Waals surface area (Å²) in [7, 11) is 0. The molecule has 1 heterocycles. The molecule has 4 nitrogen and oxygen atoms in total. The van der Waals surface area contributed by atoms with E-state index in [4.69, 9.17) is 10.5 Å². The van der Waals surface area contributed by atoms with Gasteiger partial charge in [-0.2, -0.15) is 0 Å². The van der Waals surface area contributed by atoms with Crippen molar-refractivity contribution >= 4 is 5.91 Å². The molecule has 17 heavy (non-hydrogen) atoms. The zero-order valence-corrected chi connectivity index (χ0v) is 11.3. The van der Waals surface area contributed by atoms with Crippen molar-refractivity contribution in [3.63, 3.8) is 0 Å². The molecule has 100 valence electrons. The average Bonchev–Trinajstić information content (AvgIpc) is 2.26. The van der Waals surface area contributed by atoms with Gasteiger partial charge in [0.15, 0.2) is 0 Å². The van der Waals surface area contributed by atoms with Crippen molar-refractivity contribution in [1.29, 1.82) is 0 Å². The summed E-state index contributed by atoms with van der Waals surface area (Å²) in [5.41, 5.74) is 5.82. The van der Waals surface area contributed by atoms with E-state index in [1.807, 2.05) is 0 Å². The van der Waals surface area contributed by atoms with Crippen LogP contribution >= 0.6 is 0 Å². The van der Waals surface area contributed by atoms with Crippen molar-refractivity contribution in [2.45, 2.75) is 46.1 Å². The second-order valence-electron chi connectivity index (χ2n) is 6.12. The first-order valence-electron chi connectivity index (χ1n) is 6.50.